The zero-order valence-electron chi connectivity index (χ0n) is 13.9. The Labute approximate surface area is 130 Å². The first kappa shape index (κ1) is 16.8. The average Bonchev–Trinajstić information content (AvgIpc) is 2.98. The molecule has 4 heteroatoms. The molecule has 0 bridgehead atoms. The fourth-order valence-corrected chi connectivity index (χ4v) is 3.59. The van der Waals surface area contributed by atoms with E-state index in [-0.39, 0.29) is 0 Å². The molecule has 0 aromatic rings. The summed E-state index contributed by atoms with van der Waals surface area (Å²) in [7, 11) is 2.24. The molecule has 0 aromatic heterocycles. The number of nitrogens with zero attached hydrogens (tertiary/aromatic N) is 2. The average molecular weight is 295 g/mol. The fraction of sp³-hybridized carbons (Fsp3) is 0.941. The highest BCUT2D eigenvalue weighted by molar-refractivity contribution is 5.76. The van der Waals surface area contributed by atoms with E-state index >= 15 is 0 Å². The second kappa shape index (κ2) is 8.74. The lowest BCUT2D eigenvalue weighted by Crippen LogP contribution is -2.41. The second-order valence-electron chi connectivity index (χ2n) is 7.00. The number of rotatable bonds is 7. The first-order valence-electron chi connectivity index (χ1n) is 8.86. The third-order valence-corrected chi connectivity index (χ3v) is 5.06. The van der Waals surface area contributed by atoms with Gasteiger partial charge in [0.2, 0.25) is 5.91 Å². The van der Waals surface area contributed by atoms with Crippen LogP contribution < -0.4 is 5.32 Å². The molecular weight excluding hydrogens is 262 g/mol. The molecule has 1 unspecified atom stereocenters. The number of carbonyl (C=O) groups is 1. The number of hydrogen-bond donors (Lipinski definition) is 1. The summed E-state index contributed by atoms with van der Waals surface area (Å²) in [6.07, 6.45) is 6.87. The summed E-state index contributed by atoms with van der Waals surface area (Å²) in [4.78, 5) is 16.9. The Hall–Kier alpha value is -0.610. The summed E-state index contributed by atoms with van der Waals surface area (Å²) in [5.41, 5.74) is 0. The van der Waals surface area contributed by atoms with Crippen LogP contribution in [0.15, 0.2) is 0 Å². The van der Waals surface area contributed by atoms with Gasteiger partial charge in [-0.15, -0.1) is 0 Å². The van der Waals surface area contributed by atoms with Crippen LogP contribution in [0.5, 0.6) is 0 Å². The first-order valence-corrected chi connectivity index (χ1v) is 8.86. The Kier molecular flexibility index (Phi) is 6.97. The highest BCUT2D eigenvalue weighted by Crippen LogP contribution is 2.21. The van der Waals surface area contributed by atoms with Crippen LogP contribution in [-0.4, -0.2) is 62.0 Å². The molecule has 122 valence electrons. The lowest BCUT2D eigenvalue weighted by atomic mass is 9.95. The summed E-state index contributed by atoms with van der Waals surface area (Å²) in [5.74, 6) is 1.75. The van der Waals surface area contributed by atoms with Gasteiger partial charge in [0, 0.05) is 26.1 Å². The minimum atomic E-state index is 0.390. The third-order valence-electron chi connectivity index (χ3n) is 5.06. The van der Waals surface area contributed by atoms with Gasteiger partial charge >= 0.3 is 0 Å². The van der Waals surface area contributed by atoms with Crippen molar-refractivity contribution >= 4 is 5.91 Å². The van der Waals surface area contributed by atoms with E-state index in [0.29, 0.717) is 11.8 Å². The normalized spacial score (nSPS) is 24.0. The van der Waals surface area contributed by atoms with E-state index in [0.717, 1.165) is 38.5 Å². The van der Waals surface area contributed by atoms with E-state index in [4.69, 9.17) is 0 Å². The molecule has 0 aromatic carbocycles. The summed E-state index contributed by atoms with van der Waals surface area (Å²) in [6, 6.07) is 0. The lowest BCUT2D eigenvalue weighted by Gasteiger charge is -2.34. The first-order chi connectivity index (χ1) is 10.2. The molecule has 0 saturated carbocycles. The number of amides is 1. The largest absolute Gasteiger partial charge is 0.343 e. The molecule has 2 aliphatic rings. The molecule has 0 radical (unpaired) electrons. The maximum Gasteiger partial charge on any atom is 0.222 e. The van der Waals surface area contributed by atoms with Crippen molar-refractivity contribution in [3.05, 3.63) is 0 Å². The van der Waals surface area contributed by atoms with Crippen LogP contribution in [-0.2, 0) is 4.79 Å². The van der Waals surface area contributed by atoms with Crippen LogP contribution in [0.25, 0.3) is 0 Å². The van der Waals surface area contributed by atoms with Crippen molar-refractivity contribution in [2.45, 2.75) is 45.4 Å². The van der Waals surface area contributed by atoms with Gasteiger partial charge in [-0.25, -0.2) is 0 Å². The molecular formula is C17H33N3O. The van der Waals surface area contributed by atoms with E-state index in [9.17, 15) is 4.79 Å². The molecule has 2 heterocycles. The van der Waals surface area contributed by atoms with Crippen molar-refractivity contribution in [3.8, 4) is 0 Å². The molecule has 1 atom stereocenters. The van der Waals surface area contributed by atoms with Crippen molar-refractivity contribution in [2.75, 3.05) is 46.3 Å². The standard InChI is InChI=1S/C17H33N3O/c1-3-4-9-19(2)14-15-6-10-20(11-7-15)17(21)12-16-5-8-18-13-16/h15-16,18H,3-14H2,1-2H3. The van der Waals surface area contributed by atoms with Crippen molar-refractivity contribution in [1.82, 2.24) is 15.1 Å². The van der Waals surface area contributed by atoms with E-state index in [1.165, 1.54) is 45.2 Å². The second-order valence-corrected chi connectivity index (χ2v) is 7.00. The minimum absolute atomic E-state index is 0.390. The van der Waals surface area contributed by atoms with Gasteiger partial charge in [0.25, 0.3) is 0 Å². The van der Waals surface area contributed by atoms with Crippen LogP contribution in [0.3, 0.4) is 0 Å². The van der Waals surface area contributed by atoms with Crippen LogP contribution in [0.4, 0.5) is 0 Å². The lowest BCUT2D eigenvalue weighted by molar-refractivity contribution is -0.133. The molecule has 0 aliphatic carbocycles. The van der Waals surface area contributed by atoms with Gasteiger partial charge in [0.15, 0.2) is 0 Å². The van der Waals surface area contributed by atoms with Gasteiger partial charge < -0.3 is 15.1 Å². The molecule has 2 saturated heterocycles. The smallest absolute Gasteiger partial charge is 0.222 e. The van der Waals surface area contributed by atoms with E-state index in [1.807, 2.05) is 0 Å². The zero-order valence-corrected chi connectivity index (χ0v) is 13.9. The Bertz CT molecular complexity index is 307. The number of likely N-dealkylation sites (tertiary alicyclic amines) is 1. The van der Waals surface area contributed by atoms with Gasteiger partial charge in [0.1, 0.15) is 0 Å². The van der Waals surface area contributed by atoms with Gasteiger partial charge in [-0.2, -0.15) is 0 Å². The Morgan fingerprint density at radius 2 is 2.00 bits per heavy atom. The minimum Gasteiger partial charge on any atom is -0.343 e. The topological polar surface area (TPSA) is 35.6 Å². The van der Waals surface area contributed by atoms with E-state index in [1.54, 1.807) is 0 Å². The molecule has 21 heavy (non-hydrogen) atoms. The van der Waals surface area contributed by atoms with Gasteiger partial charge in [-0.05, 0) is 64.2 Å². The number of hydrogen-bond acceptors (Lipinski definition) is 3. The molecule has 1 N–H and O–H groups in total. The fourth-order valence-electron chi connectivity index (χ4n) is 3.59. The highest BCUT2D eigenvalue weighted by Gasteiger charge is 2.26. The summed E-state index contributed by atoms with van der Waals surface area (Å²) >= 11 is 0. The maximum absolute atomic E-state index is 12.3. The monoisotopic (exact) mass is 295 g/mol. The molecule has 2 aliphatic heterocycles. The SMILES string of the molecule is CCCCN(C)CC1CCN(C(=O)CC2CCNC2)CC1. The predicted octanol–water partition coefficient (Wildman–Crippen LogP) is 1.96. The maximum atomic E-state index is 12.3. The number of nitrogens with one attached hydrogen (secondary N) is 1. The van der Waals surface area contributed by atoms with E-state index in [2.05, 4.69) is 29.1 Å². The van der Waals surface area contributed by atoms with Crippen molar-refractivity contribution in [2.24, 2.45) is 11.8 Å². The molecule has 1 amide bonds. The number of unbranched alkanes of at least 4 members (excludes halogenated alkanes) is 1. The number of carbonyl (C=O) groups excluding carboxylic acids is 1. The van der Waals surface area contributed by atoms with Gasteiger partial charge in [-0.1, -0.05) is 13.3 Å². The van der Waals surface area contributed by atoms with Crippen LogP contribution >= 0.6 is 0 Å². The highest BCUT2D eigenvalue weighted by atomic mass is 16.2. The molecule has 4 nitrogen and oxygen atoms in total. The summed E-state index contributed by atoms with van der Waals surface area (Å²) in [6.45, 7) is 8.74. The van der Waals surface area contributed by atoms with Crippen LogP contribution in [0.2, 0.25) is 0 Å². The Morgan fingerprint density at radius 1 is 1.24 bits per heavy atom. The van der Waals surface area contributed by atoms with Crippen LogP contribution in [0.1, 0.15) is 45.4 Å². The summed E-state index contributed by atoms with van der Waals surface area (Å²) in [5, 5.41) is 3.35. The zero-order chi connectivity index (χ0) is 15.1. The molecule has 2 rings (SSSR count). The number of piperidine rings is 1. The quantitative estimate of drug-likeness (QED) is 0.780. The summed E-state index contributed by atoms with van der Waals surface area (Å²) < 4.78 is 0. The Balaban J connectivity index is 1.64. The molecule has 0 spiro atoms. The Morgan fingerprint density at radius 3 is 2.62 bits per heavy atom. The van der Waals surface area contributed by atoms with Crippen molar-refractivity contribution in [3.63, 3.8) is 0 Å². The van der Waals surface area contributed by atoms with E-state index < -0.39 is 0 Å². The predicted molar refractivity (Wildman–Crippen MR) is 87.3 cm³/mol. The van der Waals surface area contributed by atoms with Gasteiger partial charge in [0.05, 0.1) is 0 Å². The van der Waals surface area contributed by atoms with Crippen molar-refractivity contribution in [1.29, 1.82) is 0 Å². The van der Waals surface area contributed by atoms with Gasteiger partial charge in [-0.3, -0.25) is 4.79 Å². The van der Waals surface area contributed by atoms with Crippen LogP contribution in [0, 0.1) is 11.8 Å². The third kappa shape index (κ3) is 5.59. The van der Waals surface area contributed by atoms with Crippen molar-refractivity contribution < 1.29 is 4.79 Å². The molecule has 2 fully saturated rings.